The molecule has 33 heteroatoms. The van der Waals surface area contributed by atoms with Gasteiger partial charge in [-0.3, -0.25) is 19.6 Å². The summed E-state index contributed by atoms with van der Waals surface area (Å²) in [6.07, 6.45) is 0. The van der Waals surface area contributed by atoms with E-state index < -0.39 is 31.4 Å². The third-order valence-corrected chi connectivity index (χ3v) is 22.4. The van der Waals surface area contributed by atoms with Crippen LogP contribution in [-0.2, 0) is 14.3 Å². The Morgan fingerprint density at radius 2 is 0.741 bits per heavy atom. The van der Waals surface area contributed by atoms with Crippen molar-refractivity contribution in [2.45, 2.75) is 28.7 Å². The Kier molecular flexibility index (Phi) is 42.4. The summed E-state index contributed by atoms with van der Waals surface area (Å²) in [4.78, 5) is 94.0. The van der Waals surface area contributed by atoms with Crippen LogP contribution in [-0.4, -0.2) is 113 Å². The first-order valence-electron chi connectivity index (χ1n) is 44.8. The summed E-state index contributed by atoms with van der Waals surface area (Å²) < 4.78 is 9.82. The minimum atomic E-state index is -1.51. The maximum atomic E-state index is 12.0. The van der Waals surface area contributed by atoms with Crippen molar-refractivity contribution in [2.24, 2.45) is 15.0 Å². The number of rotatable bonds is 12. The summed E-state index contributed by atoms with van der Waals surface area (Å²) in [7, 11) is 2.57. The fraction of sp³-hybridized carbons (Fsp3) is 0.0702. The number of para-hydroxylation sites is 15. The fourth-order valence-corrected chi connectivity index (χ4v) is 15.2. The van der Waals surface area contributed by atoms with E-state index in [4.69, 9.17) is 90.3 Å². The average molecular weight is 2030 g/mol. The number of nitrogens with one attached hydrogen (secondary N) is 9. The maximum Gasteiger partial charge on any atom is 1.00 e. The number of amides is 3. The monoisotopic (exact) mass is 2030 g/mol. The number of nitrogens with zero attached hydrogens (tertiary/aromatic N) is 4. The number of aromatic carboxylic acids is 1. The van der Waals surface area contributed by atoms with Gasteiger partial charge in [0, 0.05) is 86.7 Å². The Hall–Kier alpha value is -17.0. The topological polar surface area (TPSA) is 417 Å². The second-order valence-electron chi connectivity index (χ2n) is 31.4. The molecule has 0 fully saturated rings. The molecule has 16 aromatic rings. The van der Waals surface area contributed by atoms with Crippen molar-refractivity contribution in [3.63, 3.8) is 0 Å². The Bertz CT molecular complexity index is 7370. The number of carbonyl (C=O) groups excluding carboxylic acids is 6. The van der Waals surface area contributed by atoms with Gasteiger partial charge < -0.3 is 87.7 Å². The zero-order chi connectivity index (χ0) is 102. The number of nitrogen functional groups attached to an aromatic ring is 1. The third kappa shape index (κ3) is 30.6. The minimum Gasteiger partial charge on any atom is -0.554 e. The van der Waals surface area contributed by atoms with E-state index in [1.54, 1.807) is 104 Å². The van der Waals surface area contributed by atoms with Gasteiger partial charge in [0.05, 0.1) is 138 Å². The number of nitrogens with two attached hydrogens (primary N) is 1. The van der Waals surface area contributed by atoms with Crippen molar-refractivity contribution >= 4 is 214 Å². The zero-order valence-electron chi connectivity index (χ0n) is 78.8. The van der Waals surface area contributed by atoms with Crippen LogP contribution in [0.1, 0.15) is 119 Å². The largest absolute Gasteiger partial charge is 1.00 e. The van der Waals surface area contributed by atoms with Gasteiger partial charge in [-0.05, 0) is 213 Å². The number of benzene rings is 16. The van der Waals surface area contributed by atoms with Crippen LogP contribution in [0.3, 0.4) is 0 Å². The summed E-state index contributed by atoms with van der Waals surface area (Å²) in [6, 6.07) is 118. The summed E-state index contributed by atoms with van der Waals surface area (Å²) in [5, 5.41) is 70.7. The first-order valence-corrected chi connectivity index (χ1v) is 45.9. The molecule has 21 rings (SSSR count). The SMILES string of the molecule is C.C.CCOC(=O)c1ccc(B(O)O)cc1.CCOC(=O)c1ccc(C2=Nc3ccccc3Nc3ccccc32)cc1.CN(C)c1ccccc1.ClC1=Nc2ccccc2Nc2ccccc21.Nc1ccc(Cl)cc1Nc1ccccc1C(=O)O.O=C(NO)c1ccc(C2=Nc3ccccc3Nc3ccccc32)cc1.O=C1Nc2ccc(Cl)cc2Nc2ccccc21.O=C1Nc2ccccc2Nc2ccccc21.O=C[O-].[Na+]. The van der Waals surface area contributed by atoms with E-state index in [0.717, 1.165) is 125 Å². The Morgan fingerprint density at radius 3 is 1.18 bits per heavy atom. The van der Waals surface area contributed by atoms with Crippen LogP contribution in [0.25, 0.3) is 0 Å². The molecule has 0 bridgehead atoms. The standard InChI is InChI=1S/C22H18N2O2.C20H15N3O2.C13H11ClN2O2.C13H9ClN2O.C13H9ClN2.C13H10N2O.C9H11BO4.C8H11N.CH2O2.2CH4.Na/c1-2-26-22(25)16-13-11-15(12-14-16)21-17-7-3-4-8-18(17)23-19-9-5-6-10-20(19)24-21;24-20(23-25)14-11-9-13(10-12-14)19-15-5-1-2-6-16(15)21-17-7-3-4-8-18(17)22-19;14-8-5-6-10(15)12(7-8)16-11-4-2-1-3-9(11)13(17)18;14-8-5-6-11-12(7-8)15-10-4-2-1-3-9(10)13(17)16-11;14-13-9-5-1-2-6-10(9)15-11-7-3-4-8-12(11)16-13;16-13-9-5-1-2-6-10(9)14-11-7-3-4-8-12(11)15-13;1-2-14-9(11)7-3-5-8(6-4-7)10(12)13;1-9(2)8-6-4-3-5-7-8;2-1-3;;;/h3-14,23H,2H2,1H3;1-12,21,25H,(H,23,24);1-7,16H,15H2,(H,17,18);1-7,15H,(H,16,17);1-8,15H;1-8,14H,(H,15,16);3-6,12-13H,2H2,1H3;3-7H,1-2H3;1H,(H,2,3);2*1H4;/q;;;;;;;;;;;+1/p-1. The summed E-state index contributed by atoms with van der Waals surface area (Å²) in [5.41, 5.74) is 33.2. The average Bonchev–Trinajstić information content (AvgIpc) is 1.66. The van der Waals surface area contributed by atoms with Crippen LogP contribution in [0.2, 0.25) is 10.0 Å². The van der Waals surface area contributed by atoms with Crippen LogP contribution in [0.5, 0.6) is 0 Å². The van der Waals surface area contributed by atoms with E-state index >= 15 is 0 Å². The molecule has 28 nitrogen and oxygen atoms in total. The quantitative estimate of drug-likeness (QED) is 0.0135. The number of halogens is 3. The summed E-state index contributed by atoms with van der Waals surface area (Å²) in [6.45, 7) is 3.71. The van der Waals surface area contributed by atoms with Gasteiger partial charge in [0.15, 0.2) is 0 Å². The van der Waals surface area contributed by atoms with Crippen LogP contribution >= 0.6 is 34.8 Å². The van der Waals surface area contributed by atoms with Crippen molar-refractivity contribution in [3.05, 3.63) is 453 Å². The van der Waals surface area contributed by atoms with Gasteiger partial charge in [-0.2, -0.15) is 0 Å². The number of aliphatic imine (C=N–C) groups is 3. The van der Waals surface area contributed by atoms with E-state index in [1.807, 2.05) is 269 Å². The molecule has 0 aliphatic carbocycles. The van der Waals surface area contributed by atoms with Gasteiger partial charge in [-0.1, -0.05) is 238 Å². The predicted molar refractivity (Wildman–Crippen MR) is 588 cm³/mol. The molecule has 0 atom stereocenters. The molecule has 3 amide bonds. The fourth-order valence-electron chi connectivity index (χ4n) is 14.6. The zero-order valence-corrected chi connectivity index (χ0v) is 83.1. The number of hydroxylamine groups is 1. The number of carboxylic acid groups (broad SMARTS) is 2. The Morgan fingerprint density at radius 1 is 0.401 bits per heavy atom. The maximum absolute atomic E-state index is 12.0. The summed E-state index contributed by atoms with van der Waals surface area (Å²) in [5.74, 6) is -2.46. The third-order valence-electron chi connectivity index (χ3n) is 21.6. The van der Waals surface area contributed by atoms with Crippen molar-refractivity contribution < 1.29 is 98.1 Å². The van der Waals surface area contributed by atoms with Crippen molar-refractivity contribution in [1.82, 2.24) is 5.48 Å². The predicted octanol–water partition coefficient (Wildman–Crippen LogP) is 21.1. The van der Waals surface area contributed by atoms with Crippen LogP contribution < -0.4 is 98.8 Å². The molecular formula is C114H103BCl3N14NaO14. The van der Waals surface area contributed by atoms with E-state index in [2.05, 4.69) is 64.6 Å². The Balaban J connectivity index is 0.000000173. The molecule has 15 N–H and O–H groups in total. The second-order valence-corrected chi connectivity index (χ2v) is 32.7. The molecule has 738 valence electrons. The number of hydrogen-bond acceptors (Lipinski definition) is 24. The van der Waals surface area contributed by atoms with Gasteiger partial charge in [-0.25, -0.2) is 34.8 Å². The van der Waals surface area contributed by atoms with Gasteiger partial charge >= 0.3 is 54.6 Å². The summed E-state index contributed by atoms with van der Waals surface area (Å²) >= 11 is 18.0. The molecule has 16 aromatic carbocycles. The van der Waals surface area contributed by atoms with E-state index in [-0.39, 0.29) is 67.8 Å². The van der Waals surface area contributed by atoms with Crippen molar-refractivity contribution in [2.75, 3.05) is 80.5 Å². The van der Waals surface area contributed by atoms with Crippen molar-refractivity contribution in [1.29, 1.82) is 0 Å². The number of fused-ring (bicyclic) bond motifs is 10. The minimum absolute atomic E-state index is 0. The van der Waals surface area contributed by atoms with Crippen LogP contribution in [0.4, 0.5) is 108 Å². The van der Waals surface area contributed by atoms with Gasteiger partial charge in [0.2, 0.25) is 0 Å². The molecule has 147 heavy (non-hydrogen) atoms. The Labute approximate surface area is 888 Å². The molecule has 0 saturated heterocycles. The second kappa shape index (κ2) is 55.6. The number of anilines is 16. The van der Waals surface area contributed by atoms with Gasteiger partial charge in [-0.15, -0.1) is 0 Å². The molecular weight excluding hydrogens is 1930 g/mol. The molecule has 0 spiro atoms. The molecule has 0 saturated carbocycles. The number of carboxylic acids is 1. The number of esters is 2. The number of carbonyl (C=O) groups is 7. The first-order chi connectivity index (χ1) is 69.9. The van der Waals surface area contributed by atoms with Crippen LogP contribution in [0, 0.1) is 0 Å². The molecule has 5 heterocycles. The first kappa shape index (κ1) is 112. The molecule has 0 unspecified atom stereocenters. The van der Waals surface area contributed by atoms with Crippen LogP contribution in [0.15, 0.2) is 397 Å². The number of hydrogen-bond donors (Lipinski definition) is 14. The van der Waals surface area contributed by atoms with E-state index in [0.29, 0.717) is 78.8 Å². The molecule has 5 aliphatic heterocycles. The smallest absolute Gasteiger partial charge is 0.554 e. The molecule has 0 radical (unpaired) electrons. The van der Waals surface area contributed by atoms with Gasteiger partial charge in [0.1, 0.15) is 5.17 Å². The van der Waals surface area contributed by atoms with E-state index in [1.165, 1.54) is 36.0 Å². The van der Waals surface area contributed by atoms with E-state index in [9.17, 15) is 28.8 Å². The number of ether oxygens (including phenoxy) is 2. The van der Waals surface area contributed by atoms with Gasteiger partial charge in [0.25, 0.3) is 17.7 Å². The normalized spacial score (nSPS) is 11.3. The molecule has 0 aromatic heterocycles. The molecule has 5 aliphatic rings. The van der Waals surface area contributed by atoms with Crippen molar-refractivity contribution in [3.8, 4) is 0 Å².